The Morgan fingerprint density at radius 3 is 2.40 bits per heavy atom. The fourth-order valence-electron chi connectivity index (χ4n) is 2.14. The van der Waals surface area contributed by atoms with Crippen molar-refractivity contribution in [3.8, 4) is 0 Å². The molecule has 20 heavy (non-hydrogen) atoms. The molecule has 1 aromatic carbocycles. The van der Waals surface area contributed by atoms with Crippen molar-refractivity contribution in [2.24, 2.45) is 0 Å². The van der Waals surface area contributed by atoms with E-state index in [1.165, 1.54) is 5.56 Å². The third-order valence-electron chi connectivity index (χ3n) is 3.25. The highest BCUT2D eigenvalue weighted by Gasteiger charge is 2.17. The lowest BCUT2D eigenvalue weighted by Crippen LogP contribution is -2.39. The molecule has 0 saturated heterocycles. The van der Waals surface area contributed by atoms with Crippen LogP contribution in [0.4, 0.5) is 0 Å². The first kappa shape index (κ1) is 15.3. The molecule has 1 aromatic heterocycles. The van der Waals surface area contributed by atoms with Gasteiger partial charge < -0.3 is 9.73 Å². The smallest absolute Gasteiger partial charge is 0.104 e. The van der Waals surface area contributed by atoms with Crippen molar-refractivity contribution in [1.82, 2.24) is 5.32 Å². The van der Waals surface area contributed by atoms with Gasteiger partial charge in [0.15, 0.2) is 0 Å². The van der Waals surface area contributed by atoms with E-state index in [2.05, 4.69) is 66.3 Å². The summed E-state index contributed by atoms with van der Waals surface area (Å²) < 4.78 is 6.62. The molecule has 1 heterocycles. The minimum Gasteiger partial charge on any atom is -0.469 e. The Morgan fingerprint density at radius 1 is 1.15 bits per heavy atom. The summed E-state index contributed by atoms with van der Waals surface area (Å²) in [5, 5.41) is 3.59. The first-order valence-electron chi connectivity index (χ1n) is 6.97. The van der Waals surface area contributed by atoms with Gasteiger partial charge in [0.2, 0.25) is 0 Å². The molecule has 2 rings (SSSR count). The van der Waals surface area contributed by atoms with E-state index < -0.39 is 0 Å². The molecule has 0 bridgehead atoms. The molecule has 0 radical (unpaired) electrons. The minimum atomic E-state index is 0.122. The van der Waals surface area contributed by atoms with Gasteiger partial charge in [0.25, 0.3) is 0 Å². The second kappa shape index (κ2) is 6.59. The molecule has 0 aliphatic rings. The van der Waals surface area contributed by atoms with Gasteiger partial charge in [-0.05, 0) is 50.6 Å². The average molecular weight is 336 g/mol. The van der Waals surface area contributed by atoms with Gasteiger partial charge in [-0.3, -0.25) is 0 Å². The lowest BCUT2D eigenvalue weighted by Gasteiger charge is -2.25. The van der Waals surface area contributed by atoms with Gasteiger partial charge in [-0.2, -0.15) is 0 Å². The first-order chi connectivity index (χ1) is 9.44. The predicted octanol–water partition coefficient (Wildman–Crippen LogP) is 4.76. The van der Waals surface area contributed by atoms with Crippen LogP contribution >= 0.6 is 15.9 Å². The molecule has 0 amide bonds. The first-order valence-corrected chi connectivity index (χ1v) is 7.76. The van der Waals surface area contributed by atoms with E-state index in [0.29, 0.717) is 5.92 Å². The number of hydrogen-bond donors (Lipinski definition) is 1. The molecule has 0 fully saturated rings. The average Bonchev–Trinajstić information content (AvgIpc) is 2.87. The van der Waals surface area contributed by atoms with E-state index in [0.717, 1.165) is 23.2 Å². The van der Waals surface area contributed by atoms with E-state index in [1.54, 1.807) is 6.26 Å². The van der Waals surface area contributed by atoms with E-state index in [-0.39, 0.29) is 5.54 Å². The Kier molecular flexibility index (Phi) is 5.06. The van der Waals surface area contributed by atoms with Crippen molar-refractivity contribution in [2.45, 2.75) is 38.6 Å². The van der Waals surface area contributed by atoms with Crippen LogP contribution in [0.2, 0.25) is 0 Å². The van der Waals surface area contributed by atoms with Crippen LogP contribution in [0.5, 0.6) is 0 Å². The summed E-state index contributed by atoms with van der Waals surface area (Å²) >= 11 is 3.49. The Bertz CT molecular complexity index is 511. The van der Waals surface area contributed by atoms with Gasteiger partial charge in [0.05, 0.1) is 6.26 Å². The Hall–Kier alpha value is -1.06. The number of benzene rings is 1. The molecule has 1 unspecified atom stereocenters. The normalized spacial score (nSPS) is 13.4. The van der Waals surface area contributed by atoms with Crippen molar-refractivity contribution in [1.29, 1.82) is 0 Å². The van der Waals surface area contributed by atoms with E-state index in [4.69, 9.17) is 4.42 Å². The number of rotatable bonds is 5. The summed E-state index contributed by atoms with van der Waals surface area (Å²) in [6.45, 7) is 7.52. The summed E-state index contributed by atoms with van der Waals surface area (Å²) in [5.41, 5.74) is 1.46. The number of nitrogens with one attached hydrogen (secondary N) is 1. The topological polar surface area (TPSA) is 25.2 Å². The molecule has 108 valence electrons. The van der Waals surface area contributed by atoms with Crippen LogP contribution in [0, 0.1) is 0 Å². The SMILES string of the molecule is CC(C)(C)NCC(Cc1ccco1)c1ccc(Br)cc1. The van der Waals surface area contributed by atoms with Crippen molar-refractivity contribution < 1.29 is 4.42 Å². The number of furan rings is 1. The predicted molar refractivity (Wildman–Crippen MR) is 87.1 cm³/mol. The summed E-state index contributed by atoms with van der Waals surface area (Å²) in [7, 11) is 0. The van der Waals surface area contributed by atoms with Crippen LogP contribution in [-0.4, -0.2) is 12.1 Å². The lowest BCUT2D eigenvalue weighted by molar-refractivity contribution is 0.393. The monoisotopic (exact) mass is 335 g/mol. The maximum Gasteiger partial charge on any atom is 0.104 e. The molecule has 1 N–H and O–H groups in total. The minimum absolute atomic E-state index is 0.122. The largest absolute Gasteiger partial charge is 0.469 e. The standard InChI is InChI=1S/C17H22BrNO/c1-17(2,3)19-12-14(11-16-5-4-10-20-16)13-6-8-15(18)9-7-13/h4-10,14,19H,11-12H2,1-3H3. The zero-order valence-electron chi connectivity index (χ0n) is 12.3. The fraction of sp³-hybridized carbons (Fsp3) is 0.412. The second-order valence-corrected chi connectivity index (χ2v) is 7.08. The van der Waals surface area contributed by atoms with Crippen LogP contribution in [-0.2, 0) is 6.42 Å². The van der Waals surface area contributed by atoms with Crippen LogP contribution in [0.1, 0.15) is 38.0 Å². The van der Waals surface area contributed by atoms with Gasteiger partial charge >= 0.3 is 0 Å². The summed E-state index contributed by atoms with van der Waals surface area (Å²) in [4.78, 5) is 0. The van der Waals surface area contributed by atoms with Gasteiger partial charge in [-0.15, -0.1) is 0 Å². The van der Waals surface area contributed by atoms with Gasteiger partial charge in [-0.25, -0.2) is 0 Å². The van der Waals surface area contributed by atoms with Crippen LogP contribution in [0.3, 0.4) is 0 Å². The summed E-state index contributed by atoms with van der Waals surface area (Å²) in [6, 6.07) is 12.6. The highest BCUT2D eigenvalue weighted by atomic mass is 79.9. The van der Waals surface area contributed by atoms with Gasteiger partial charge in [0, 0.05) is 28.9 Å². The Labute approximate surface area is 129 Å². The molecular formula is C17H22BrNO. The second-order valence-electron chi connectivity index (χ2n) is 6.16. The molecular weight excluding hydrogens is 314 g/mol. The van der Waals surface area contributed by atoms with E-state index in [9.17, 15) is 0 Å². The third kappa shape index (κ3) is 4.80. The van der Waals surface area contributed by atoms with Crippen molar-refractivity contribution in [3.05, 3.63) is 58.5 Å². The van der Waals surface area contributed by atoms with E-state index in [1.807, 2.05) is 12.1 Å². The molecule has 2 nitrogen and oxygen atoms in total. The molecule has 0 spiro atoms. The molecule has 3 heteroatoms. The van der Waals surface area contributed by atoms with Gasteiger partial charge in [-0.1, -0.05) is 28.1 Å². The van der Waals surface area contributed by atoms with Crippen molar-refractivity contribution >= 4 is 15.9 Å². The maximum atomic E-state index is 5.50. The van der Waals surface area contributed by atoms with Crippen molar-refractivity contribution in [3.63, 3.8) is 0 Å². The molecule has 0 aliphatic carbocycles. The maximum absolute atomic E-state index is 5.50. The molecule has 1 atom stereocenters. The number of hydrogen-bond acceptors (Lipinski definition) is 2. The third-order valence-corrected chi connectivity index (χ3v) is 3.78. The Morgan fingerprint density at radius 2 is 1.85 bits per heavy atom. The highest BCUT2D eigenvalue weighted by Crippen LogP contribution is 2.23. The van der Waals surface area contributed by atoms with E-state index >= 15 is 0 Å². The van der Waals surface area contributed by atoms with Crippen molar-refractivity contribution in [2.75, 3.05) is 6.54 Å². The molecule has 0 aliphatic heterocycles. The van der Waals surface area contributed by atoms with Gasteiger partial charge in [0.1, 0.15) is 5.76 Å². The quantitative estimate of drug-likeness (QED) is 0.852. The summed E-state index contributed by atoms with van der Waals surface area (Å²) in [6.07, 6.45) is 2.66. The Balaban J connectivity index is 2.12. The molecule has 2 aromatic rings. The summed E-state index contributed by atoms with van der Waals surface area (Å²) in [5.74, 6) is 1.45. The van der Waals surface area contributed by atoms with Crippen LogP contribution < -0.4 is 5.32 Å². The zero-order chi connectivity index (χ0) is 14.6. The lowest BCUT2D eigenvalue weighted by atomic mass is 9.93. The highest BCUT2D eigenvalue weighted by molar-refractivity contribution is 9.10. The van der Waals surface area contributed by atoms with Crippen LogP contribution in [0.15, 0.2) is 51.6 Å². The molecule has 0 saturated carbocycles. The number of halogens is 1. The zero-order valence-corrected chi connectivity index (χ0v) is 13.9. The fourth-order valence-corrected chi connectivity index (χ4v) is 2.41. The van der Waals surface area contributed by atoms with Crippen LogP contribution in [0.25, 0.3) is 0 Å².